The molecule has 2 amide bonds. The first-order valence-corrected chi connectivity index (χ1v) is 7.06. The Bertz CT molecular complexity index is 500. The molecule has 2 rings (SSSR count). The zero-order valence-corrected chi connectivity index (χ0v) is 11.8. The Hall–Kier alpha value is -1.88. The number of fused-ring (bicyclic) bond motifs is 1. The summed E-state index contributed by atoms with van der Waals surface area (Å²) in [7, 11) is 1.87. The van der Waals surface area contributed by atoms with Crippen LogP contribution < -0.4 is 16.0 Å². The molecule has 108 valence electrons. The van der Waals surface area contributed by atoms with Gasteiger partial charge in [0.25, 0.3) is 0 Å². The molecular formula is C15H21N3O2. The van der Waals surface area contributed by atoms with Gasteiger partial charge in [-0.25, -0.2) is 0 Å². The Morgan fingerprint density at radius 2 is 2.20 bits per heavy atom. The van der Waals surface area contributed by atoms with Crippen molar-refractivity contribution in [3.8, 4) is 0 Å². The number of hydrogen-bond acceptors (Lipinski definition) is 3. The summed E-state index contributed by atoms with van der Waals surface area (Å²) in [6.45, 7) is 0.837. The van der Waals surface area contributed by atoms with Crippen molar-refractivity contribution in [2.24, 2.45) is 0 Å². The van der Waals surface area contributed by atoms with Crippen LogP contribution in [0.4, 0.5) is 11.4 Å². The second kappa shape index (κ2) is 7.05. The van der Waals surface area contributed by atoms with Crippen LogP contribution in [0.15, 0.2) is 18.2 Å². The van der Waals surface area contributed by atoms with Gasteiger partial charge in [0.2, 0.25) is 11.8 Å². The molecule has 1 aromatic rings. The number of aryl methyl sites for hydroxylation is 1. The van der Waals surface area contributed by atoms with E-state index in [1.54, 1.807) is 0 Å². The zero-order valence-electron chi connectivity index (χ0n) is 11.8. The Balaban J connectivity index is 1.98. The fourth-order valence-electron chi connectivity index (χ4n) is 2.30. The molecule has 20 heavy (non-hydrogen) atoms. The Kier molecular flexibility index (Phi) is 5.12. The lowest BCUT2D eigenvalue weighted by Gasteiger charge is -2.10. The molecule has 0 radical (unpaired) electrons. The second-order valence-electron chi connectivity index (χ2n) is 5.03. The molecule has 0 aliphatic carbocycles. The number of benzene rings is 1. The molecule has 0 spiro atoms. The van der Waals surface area contributed by atoms with E-state index in [1.165, 1.54) is 0 Å². The van der Waals surface area contributed by atoms with E-state index in [4.69, 9.17) is 0 Å². The van der Waals surface area contributed by atoms with Crippen LogP contribution in [0.5, 0.6) is 0 Å². The van der Waals surface area contributed by atoms with Crippen molar-refractivity contribution in [2.75, 3.05) is 24.2 Å². The number of amides is 2. The van der Waals surface area contributed by atoms with Crippen molar-refractivity contribution < 1.29 is 9.59 Å². The van der Waals surface area contributed by atoms with E-state index in [0.29, 0.717) is 12.8 Å². The first kappa shape index (κ1) is 14.5. The molecule has 5 nitrogen and oxygen atoms in total. The summed E-state index contributed by atoms with van der Waals surface area (Å²) in [6.07, 6.45) is 3.59. The molecule has 3 N–H and O–H groups in total. The monoisotopic (exact) mass is 275 g/mol. The number of nitrogens with one attached hydrogen (secondary N) is 3. The molecule has 1 heterocycles. The first-order valence-electron chi connectivity index (χ1n) is 7.06. The predicted octanol–water partition coefficient (Wildman–Crippen LogP) is 1.90. The standard InChI is InChI=1S/C15H21N3O2/c1-16-9-3-6-14(19)17-12-7-8-13-11(10-12)4-2-5-15(20)18-13/h7-8,10,16H,2-6,9H2,1H3,(H,17,19)(H,18,20). The SMILES string of the molecule is CNCCCC(=O)Nc1ccc2c(c1)CCCC(=O)N2. The Morgan fingerprint density at radius 1 is 1.35 bits per heavy atom. The van der Waals surface area contributed by atoms with Crippen LogP contribution in [0.2, 0.25) is 0 Å². The Labute approximate surface area is 119 Å². The van der Waals surface area contributed by atoms with Crippen LogP contribution in [0.1, 0.15) is 31.2 Å². The molecule has 0 saturated carbocycles. The highest BCUT2D eigenvalue weighted by atomic mass is 16.2. The zero-order chi connectivity index (χ0) is 14.4. The molecular weight excluding hydrogens is 254 g/mol. The maximum absolute atomic E-state index is 11.8. The van der Waals surface area contributed by atoms with E-state index in [-0.39, 0.29) is 11.8 Å². The van der Waals surface area contributed by atoms with Crippen molar-refractivity contribution >= 4 is 23.2 Å². The lowest BCUT2D eigenvalue weighted by molar-refractivity contribution is -0.117. The second-order valence-corrected chi connectivity index (χ2v) is 5.03. The molecule has 0 atom stereocenters. The smallest absolute Gasteiger partial charge is 0.224 e. The minimum atomic E-state index is 0.0258. The van der Waals surface area contributed by atoms with E-state index in [9.17, 15) is 9.59 Å². The molecule has 1 aliphatic heterocycles. The van der Waals surface area contributed by atoms with Gasteiger partial charge in [0.1, 0.15) is 0 Å². The van der Waals surface area contributed by atoms with Gasteiger partial charge in [-0.2, -0.15) is 0 Å². The topological polar surface area (TPSA) is 70.2 Å². The van der Waals surface area contributed by atoms with Gasteiger partial charge in [-0.05, 0) is 56.6 Å². The summed E-state index contributed by atoms with van der Waals surface area (Å²) in [4.78, 5) is 23.2. The third kappa shape index (κ3) is 4.06. The lowest BCUT2D eigenvalue weighted by atomic mass is 10.1. The maximum Gasteiger partial charge on any atom is 0.224 e. The highest BCUT2D eigenvalue weighted by Crippen LogP contribution is 2.25. The molecule has 0 unspecified atom stereocenters. The van der Waals surface area contributed by atoms with Gasteiger partial charge in [-0.3, -0.25) is 9.59 Å². The fourth-order valence-corrected chi connectivity index (χ4v) is 2.30. The number of carbonyl (C=O) groups excluding carboxylic acids is 2. The fraction of sp³-hybridized carbons (Fsp3) is 0.467. The maximum atomic E-state index is 11.8. The molecule has 0 saturated heterocycles. The quantitative estimate of drug-likeness (QED) is 0.719. The van der Waals surface area contributed by atoms with Crippen LogP contribution in [-0.2, 0) is 16.0 Å². The molecule has 0 bridgehead atoms. The van der Waals surface area contributed by atoms with Crippen LogP contribution in [0.25, 0.3) is 0 Å². The summed E-state index contributed by atoms with van der Waals surface area (Å²) in [5.41, 5.74) is 2.75. The molecule has 1 aromatic carbocycles. The summed E-state index contributed by atoms with van der Waals surface area (Å²) < 4.78 is 0. The lowest BCUT2D eigenvalue weighted by Crippen LogP contribution is -2.15. The number of anilines is 2. The molecule has 5 heteroatoms. The van der Waals surface area contributed by atoms with Crippen LogP contribution in [0.3, 0.4) is 0 Å². The molecule has 0 fully saturated rings. The van der Waals surface area contributed by atoms with Crippen LogP contribution in [-0.4, -0.2) is 25.4 Å². The highest BCUT2D eigenvalue weighted by Gasteiger charge is 2.13. The van der Waals surface area contributed by atoms with Gasteiger partial charge >= 0.3 is 0 Å². The predicted molar refractivity (Wildman–Crippen MR) is 79.8 cm³/mol. The Morgan fingerprint density at radius 3 is 3.00 bits per heavy atom. The van der Waals surface area contributed by atoms with Gasteiger partial charge in [0.05, 0.1) is 0 Å². The summed E-state index contributed by atoms with van der Waals surface area (Å²) in [5, 5.41) is 8.81. The van der Waals surface area contributed by atoms with Crippen LogP contribution >= 0.6 is 0 Å². The summed E-state index contributed by atoms with van der Waals surface area (Å²) in [6, 6.07) is 5.65. The number of carbonyl (C=O) groups is 2. The average Bonchev–Trinajstić information content (AvgIpc) is 2.59. The van der Waals surface area contributed by atoms with E-state index in [0.717, 1.165) is 42.7 Å². The van der Waals surface area contributed by atoms with Gasteiger partial charge in [0, 0.05) is 24.2 Å². The third-order valence-corrected chi connectivity index (χ3v) is 3.34. The van der Waals surface area contributed by atoms with Crippen molar-refractivity contribution in [1.29, 1.82) is 0 Å². The van der Waals surface area contributed by atoms with E-state index in [1.807, 2.05) is 25.2 Å². The van der Waals surface area contributed by atoms with E-state index in [2.05, 4.69) is 16.0 Å². The summed E-state index contributed by atoms with van der Waals surface area (Å²) >= 11 is 0. The minimum absolute atomic E-state index is 0.0258. The van der Waals surface area contributed by atoms with E-state index >= 15 is 0 Å². The number of rotatable bonds is 5. The van der Waals surface area contributed by atoms with E-state index < -0.39 is 0 Å². The number of hydrogen-bond donors (Lipinski definition) is 3. The summed E-state index contributed by atoms with van der Waals surface area (Å²) in [5.74, 6) is 0.0884. The van der Waals surface area contributed by atoms with Crippen molar-refractivity contribution in [1.82, 2.24) is 5.32 Å². The largest absolute Gasteiger partial charge is 0.326 e. The first-order chi connectivity index (χ1) is 9.69. The minimum Gasteiger partial charge on any atom is -0.326 e. The van der Waals surface area contributed by atoms with Crippen molar-refractivity contribution in [2.45, 2.75) is 32.1 Å². The molecule has 0 aromatic heterocycles. The third-order valence-electron chi connectivity index (χ3n) is 3.34. The molecule has 1 aliphatic rings. The van der Waals surface area contributed by atoms with Gasteiger partial charge in [-0.15, -0.1) is 0 Å². The van der Waals surface area contributed by atoms with Gasteiger partial charge in [-0.1, -0.05) is 0 Å². The normalized spacial score (nSPS) is 14.2. The van der Waals surface area contributed by atoms with Gasteiger partial charge < -0.3 is 16.0 Å². The van der Waals surface area contributed by atoms with Gasteiger partial charge in [0.15, 0.2) is 0 Å². The van der Waals surface area contributed by atoms with Crippen molar-refractivity contribution in [3.63, 3.8) is 0 Å². The highest BCUT2D eigenvalue weighted by molar-refractivity contribution is 5.94. The average molecular weight is 275 g/mol. The van der Waals surface area contributed by atoms with Crippen molar-refractivity contribution in [3.05, 3.63) is 23.8 Å². The van der Waals surface area contributed by atoms with Crippen LogP contribution in [0, 0.1) is 0 Å².